The monoisotopic (exact) mass is 394 g/mol. The second-order valence-corrected chi connectivity index (χ2v) is 7.41. The Morgan fingerprint density at radius 1 is 1.11 bits per heavy atom. The highest BCUT2D eigenvalue weighted by atomic mass is 32.1. The summed E-state index contributed by atoms with van der Waals surface area (Å²) in [6.45, 7) is 6.73. The van der Waals surface area contributed by atoms with Gasteiger partial charge in [-0.2, -0.15) is 4.37 Å². The first-order chi connectivity index (χ1) is 13.7. The fourth-order valence-electron chi connectivity index (χ4n) is 3.19. The molecule has 8 heteroatoms. The van der Waals surface area contributed by atoms with Gasteiger partial charge in [0.25, 0.3) is 5.91 Å². The van der Waals surface area contributed by atoms with Gasteiger partial charge in [0.2, 0.25) is 5.13 Å². The lowest BCUT2D eigenvalue weighted by Gasteiger charge is -2.34. The number of carbonyl (C=O) groups is 1. The number of aromatic nitrogens is 4. The normalized spacial score (nSPS) is 14.4. The molecule has 3 aromatic rings. The first-order valence-electron chi connectivity index (χ1n) is 9.41. The number of anilines is 1. The van der Waals surface area contributed by atoms with Crippen molar-refractivity contribution in [3.05, 3.63) is 53.6 Å². The summed E-state index contributed by atoms with van der Waals surface area (Å²) in [4.78, 5) is 30.5. The molecule has 0 atom stereocenters. The van der Waals surface area contributed by atoms with E-state index < -0.39 is 0 Å². The van der Waals surface area contributed by atoms with Gasteiger partial charge in [0, 0.05) is 55.9 Å². The van der Waals surface area contributed by atoms with Crippen molar-refractivity contribution in [1.29, 1.82) is 0 Å². The zero-order chi connectivity index (χ0) is 19.5. The van der Waals surface area contributed by atoms with Crippen molar-refractivity contribution in [3.8, 4) is 11.4 Å². The van der Waals surface area contributed by atoms with Crippen molar-refractivity contribution < 1.29 is 4.79 Å². The second kappa shape index (κ2) is 8.02. The van der Waals surface area contributed by atoms with Gasteiger partial charge in [-0.15, -0.1) is 0 Å². The minimum Gasteiger partial charge on any atom is -0.343 e. The van der Waals surface area contributed by atoms with Crippen molar-refractivity contribution >= 4 is 22.6 Å². The predicted octanol–water partition coefficient (Wildman–Crippen LogP) is 2.83. The molecule has 7 nitrogen and oxygen atoms in total. The van der Waals surface area contributed by atoms with Crippen molar-refractivity contribution in [2.75, 3.05) is 31.1 Å². The summed E-state index contributed by atoms with van der Waals surface area (Å²) in [6, 6.07) is 9.79. The fourth-order valence-corrected chi connectivity index (χ4v) is 3.99. The first-order valence-corrected chi connectivity index (χ1v) is 10.2. The molecule has 0 unspecified atom stereocenters. The van der Waals surface area contributed by atoms with Crippen molar-refractivity contribution in [1.82, 2.24) is 24.2 Å². The predicted molar refractivity (Wildman–Crippen MR) is 110 cm³/mol. The van der Waals surface area contributed by atoms with Crippen LogP contribution in [0.3, 0.4) is 0 Å². The van der Waals surface area contributed by atoms with Gasteiger partial charge in [-0.1, -0.05) is 37.3 Å². The standard InChI is InChI=1S/C20H22N6OS/c1-3-17-23-20(28-24-17)26-11-9-25(10-12-26)19(27)16-13-21-18(22-14(16)2)15-7-5-4-6-8-15/h4-8,13H,3,9-12H2,1-2H3. The molecule has 1 fully saturated rings. The van der Waals surface area contributed by atoms with Crippen LogP contribution in [0.4, 0.5) is 5.13 Å². The SMILES string of the molecule is CCc1nsc(N2CCN(C(=O)c3cnc(-c4ccccc4)nc3C)CC2)n1. The number of rotatable bonds is 4. The van der Waals surface area contributed by atoms with E-state index in [0.29, 0.717) is 30.2 Å². The maximum Gasteiger partial charge on any atom is 0.257 e. The van der Waals surface area contributed by atoms with Crippen LogP contribution in [0.25, 0.3) is 11.4 Å². The van der Waals surface area contributed by atoms with E-state index >= 15 is 0 Å². The van der Waals surface area contributed by atoms with Gasteiger partial charge in [0.05, 0.1) is 11.3 Å². The molecule has 4 rings (SSSR count). The number of benzene rings is 1. The maximum absolute atomic E-state index is 13.0. The molecular weight excluding hydrogens is 372 g/mol. The molecule has 1 aliphatic heterocycles. The molecule has 0 bridgehead atoms. The number of piperazine rings is 1. The summed E-state index contributed by atoms with van der Waals surface area (Å²) in [5.74, 6) is 1.51. The Hall–Kier alpha value is -2.87. The average molecular weight is 395 g/mol. The van der Waals surface area contributed by atoms with Gasteiger partial charge >= 0.3 is 0 Å². The van der Waals surface area contributed by atoms with Crippen LogP contribution < -0.4 is 4.90 Å². The number of amides is 1. The van der Waals surface area contributed by atoms with E-state index in [-0.39, 0.29) is 5.91 Å². The van der Waals surface area contributed by atoms with E-state index in [1.165, 1.54) is 11.5 Å². The quantitative estimate of drug-likeness (QED) is 0.677. The van der Waals surface area contributed by atoms with Crippen LogP contribution in [0.15, 0.2) is 36.5 Å². The van der Waals surface area contributed by atoms with Gasteiger partial charge in [-0.25, -0.2) is 15.0 Å². The molecular formula is C20H22N6OS. The summed E-state index contributed by atoms with van der Waals surface area (Å²) in [7, 11) is 0. The van der Waals surface area contributed by atoms with Crippen LogP contribution in [0, 0.1) is 6.92 Å². The molecule has 28 heavy (non-hydrogen) atoms. The van der Waals surface area contributed by atoms with E-state index in [1.807, 2.05) is 42.2 Å². The zero-order valence-electron chi connectivity index (χ0n) is 16.0. The molecule has 0 aliphatic carbocycles. The van der Waals surface area contributed by atoms with Gasteiger partial charge in [0.15, 0.2) is 5.82 Å². The van der Waals surface area contributed by atoms with E-state index in [2.05, 4.69) is 31.1 Å². The number of hydrogen-bond donors (Lipinski definition) is 0. The molecule has 144 valence electrons. The lowest BCUT2D eigenvalue weighted by molar-refractivity contribution is 0.0745. The Bertz CT molecular complexity index is 966. The Labute approximate surface area is 168 Å². The smallest absolute Gasteiger partial charge is 0.257 e. The van der Waals surface area contributed by atoms with E-state index in [4.69, 9.17) is 0 Å². The Kier molecular flexibility index (Phi) is 5.29. The van der Waals surface area contributed by atoms with Crippen LogP contribution in [0.2, 0.25) is 0 Å². The van der Waals surface area contributed by atoms with Crippen molar-refractivity contribution in [2.24, 2.45) is 0 Å². The molecule has 1 saturated heterocycles. The van der Waals surface area contributed by atoms with Crippen LogP contribution in [-0.2, 0) is 6.42 Å². The van der Waals surface area contributed by atoms with E-state index in [1.54, 1.807) is 6.20 Å². The maximum atomic E-state index is 13.0. The number of nitrogens with zero attached hydrogens (tertiary/aromatic N) is 6. The molecule has 1 aromatic carbocycles. The molecule has 0 saturated carbocycles. The Balaban J connectivity index is 1.44. The molecule has 2 aromatic heterocycles. The molecule has 1 aliphatic rings. The third-order valence-corrected chi connectivity index (χ3v) is 5.67. The summed E-state index contributed by atoms with van der Waals surface area (Å²) in [6.07, 6.45) is 2.49. The van der Waals surface area contributed by atoms with Gasteiger partial charge in [-0.05, 0) is 6.92 Å². The highest BCUT2D eigenvalue weighted by Gasteiger charge is 2.25. The summed E-state index contributed by atoms with van der Waals surface area (Å²) in [5, 5.41) is 0.940. The van der Waals surface area contributed by atoms with Crippen LogP contribution in [-0.4, -0.2) is 56.3 Å². The zero-order valence-corrected chi connectivity index (χ0v) is 16.8. The summed E-state index contributed by atoms with van der Waals surface area (Å²) >= 11 is 1.43. The minimum atomic E-state index is -0.0109. The van der Waals surface area contributed by atoms with E-state index in [9.17, 15) is 4.79 Å². The molecule has 0 N–H and O–H groups in total. The van der Waals surface area contributed by atoms with Gasteiger partial charge < -0.3 is 9.80 Å². The van der Waals surface area contributed by atoms with Crippen LogP contribution in [0.5, 0.6) is 0 Å². The Morgan fingerprint density at radius 2 is 1.86 bits per heavy atom. The fraction of sp³-hybridized carbons (Fsp3) is 0.350. The van der Waals surface area contributed by atoms with E-state index in [0.717, 1.165) is 36.0 Å². The molecule has 0 radical (unpaired) electrons. The van der Waals surface area contributed by atoms with Crippen LogP contribution >= 0.6 is 11.5 Å². The largest absolute Gasteiger partial charge is 0.343 e. The highest BCUT2D eigenvalue weighted by Crippen LogP contribution is 2.21. The number of carbonyl (C=O) groups excluding carboxylic acids is 1. The summed E-state index contributed by atoms with van der Waals surface area (Å²) < 4.78 is 4.35. The van der Waals surface area contributed by atoms with Crippen molar-refractivity contribution in [2.45, 2.75) is 20.3 Å². The number of hydrogen-bond acceptors (Lipinski definition) is 7. The molecule has 3 heterocycles. The third-order valence-electron chi connectivity index (χ3n) is 4.85. The molecule has 0 spiro atoms. The Morgan fingerprint density at radius 3 is 2.50 bits per heavy atom. The highest BCUT2D eigenvalue weighted by molar-refractivity contribution is 7.09. The second-order valence-electron chi connectivity index (χ2n) is 6.68. The number of aryl methyl sites for hydroxylation is 2. The van der Waals surface area contributed by atoms with Crippen LogP contribution in [0.1, 0.15) is 28.8 Å². The van der Waals surface area contributed by atoms with Gasteiger partial charge in [0.1, 0.15) is 5.82 Å². The van der Waals surface area contributed by atoms with Crippen molar-refractivity contribution in [3.63, 3.8) is 0 Å². The van der Waals surface area contributed by atoms with Gasteiger partial charge in [-0.3, -0.25) is 4.79 Å². The third kappa shape index (κ3) is 3.73. The minimum absolute atomic E-state index is 0.0109. The average Bonchev–Trinajstić information content (AvgIpc) is 3.23. The first kappa shape index (κ1) is 18.5. The lowest BCUT2D eigenvalue weighted by atomic mass is 10.1. The lowest BCUT2D eigenvalue weighted by Crippen LogP contribution is -2.49. The molecule has 1 amide bonds. The topological polar surface area (TPSA) is 75.1 Å². The summed E-state index contributed by atoms with van der Waals surface area (Å²) in [5.41, 5.74) is 2.22.